The van der Waals surface area contributed by atoms with E-state index in [2.05, 4.69) is 48.0 Å². The monoisotopic (exact) mass is 478 g/mol. The zero-order valence-corrected chi connectivity index (χ0v) is 19.8. The maximum Gasteiger partial charge on any atom is 0.322 e. The highest BCUT2D eigenvalue weighted by molar-refractivity contribution is 6.26. The predicted molar refractivity (Wildman–Crippen MR) is 121 cm³/mol. The summed E-state index contributed by atoms with van der Waals surface area (Å²) in [6.45, 7) is 2.16. The summed E-state index contributed by atoms with van der Waals surface area (Å²) in [5.74, 6) is -0.263. The molecule has 1 spiro atoms. The molecule has 1 saturated carbocycles. The summed E-state index contributed by atoms with van der Waals surface area (Å²) in [6.07, 6.45) is 2.32. The van der Waals surface area contributed by atoms with Crippen LogP contribution in [0.15, 0.2) is 24.3 Å². The Morgan fingerprint density at radius 2 is 1.84 bits per heavy atom. The Kier molecular flexibility index (Phi) is 4.77. The fourth-order valence-corrected chi connectivity index (χ4v) is 8.61. The number of piperidine rings is 4. The van der Waals surface area contributed by atoms with E-state index in [4.69, 9.17) is 32.7 Å². The standard InChI is InChI=1S/C24H28Cl2N2O4/c1-3-12-13-8-16-21-24(14-6-4-5-7-15(14)27(21)2)9-17(20(13)22(24)31-18(29)10-25)28(16)23(12)32-19(30)11-26/h4-7,12-13,16-17,20-23H,3,8-11H2,1-2H3/t12-,13?,16-,17-,20?,21-,22?,23+,24?/m0/s1. The van der Waals surface area contributed by atoms with Gasteiger partial charge in [-0.15, -0.1) is 23.2 Å². The van der Waals surface area contributed by atoms with Crippen LogP contribution in [0.2, 0.25) is 0 Å². The average molecular weight is 479 g/mol. The van der Waals surface area contributed by atoms with Gasteiger partial charge in [-0.3, -0.25) is 14.5 Å². The molecule has 32 heavy (non-hydrogen) atoms. The van der Waals surface area contributed by atoms with Gasteiger partial charge < -0.3 is 14.4 Å². The molecule has 1 aromatic rings. The number of halogens is 2. The molecule has 0 amide bonds. The van der Waals surface area contributed by atoms with Gasteiger partial charge in [-0.1, -0.05) is 25.1 Å². The second kappa shape index (κ2) is 7.25. The summed E-state index contributed by atoms with van der Waals surface area (Å²) in [5, 5.41) is 0. The molecular formula is C24H28Cl2N2O4. The zero-order chi connectivity index (χ0) is 22.4. The molecule has 5 bridgehead atoms. The smallest absolute Gasteiger partial charge is 0.322 e. The summed E-state index contributed by atoms with van der Waals surface area (Å²) in [5.41, 5.74) is 2.22. The molecule has 0 N–H and O–H groups in total. The van der Waals surface area contributed by atoms with Crippen LogP contribution in [-0.4, -0.2) is 66.1 Å². The molecule has 5 fully saturated rings. The number of hydrogen-bond acceptors (Lipinski definition) is 6. The SMILES string of the molecule is CC[C@H]1C2C[C@H]3[C@@H]4N(C)c5ccccc5C45C[C@@H](C2C5OC(=O)CCl)N3[C@@H]1OC(=O)CCl. The molecule has 8 heteroatoms. The molecule has 172 valence electrons. The van der Waals surface area contributed by atoms with Gasteiger partial charge in [-0.2, -0.15) is 0 Å². The fraction of sp³-hybridized carbons (Fsp3) is 0.667. The van der Waals surface area contributed by atoms with E-state index in [0.29, 0.717) is 5.92 Å². The largest absolute Gasteiger partial charge is 0.460 e. The summed E-state index contributed by atoms with van der Waals surface area (Å²) >= 11 is 11.7. The van der Waals surface area contributed by atoms with E-state index in [9.17, 15) is 9.59 Å². The number of nitrogens with zero attached hydrogens (tertiary/aromatic N) is 2. The first-order chi connectivity index (χ1) is 15.5. The van der Waals surface area contributed by atoms with E-state index >= 15 is 0 Å². The molecule has 0 radical (unpaired) electrons. The Morgan fingerprint density at radius 1 is 1.12 bits per heavy atom. The molecule has 1 aliphatic carbocycles. The quantitative estimate of drug-likeness (QED) is 0.478. The molecular weight excluding hydrogens is 451 g/mol. The van der Waals surface area contributed by atoms with Crippen LogP contribution in [0.25, 0.3) is 0 Å². The molecule has 4 saturated heterocycles. The number of fused-ring (bicyclic) bond motifs is 2. The Morgan fingerprint density at radius 3 is 2.56 bits per heavy atom. The van der Waals surface area contributed by atoms with Crippen LogP contribution < -0.4 is 4.90 Å². The van der Waals surface area contributed by atoms with Crippen LogP contribution in [0.4, 0.5) is 5.69 Å². The minimum absolute atomic E-state index is 0.140. The number of likely N-dealkylation sites (N-methyl/N-ethyl adjacent to an activating group) is 1. The summed E-state index contributed by atoms with van der Waals surface area (Å²) in [6, 6.07) is 9.11. The molecule has 7 rings (SSSR count). The zero-order valence-electron chi connectivity index (χ0n) is 18.2. The number of para-hydroxylation sites is 1. The van der Waals surface area contributed by atoms with Crippen LogP contribution in [0.5, 0.6) is 0 Å². The number of benzene rings is 1. The fourth-order valence-electron chi connectivity index (χ4n) is 8.48. The topological polar surface area (TPSA) is 59.1 Å². The number of anilines is 1. The van der Waals surface area contributed by atoms with Gasteiger partial charge in [0, 0.05) is 36.7 Å². The lowest BCUT2D eigenvalue weighted by molar-refractivity contribution is -0.228. The number of carbonyl (C=O) groups excluding carboxylic acids is 2. The minimum Gasteiger partial charge on any atom is -0.460 e. The Labute approximate surface area is 198 Å². The Balaban J connectivity index is 1.52. The van der Waals surface area contributed by atoms with Crippen LogP contribution >= 0.6 is 23.2 Å². The average Bonchev–Trinajstić information content (AvgIpc) is 3.21. The second-order valence-electron chi connectivity index (χ2n) is 10.0. The lowest BCUT2D eigenvalue weighted by Gasteiger charge is -2.62. The van der Waals surface area contributed by atoms with Gasteiger partial charge in [-0.25, -0.2) is 0 Å². The van der Waals surface area contributed by atoms with Crippen molar-refractivity contribution in [3.8, 4) is 0 Å². The molecule has 6 aliphatic rings. The first-order valence-electron chi connectivity index (χ1n) is 11.6. The van der Waals surface area contributed by atoms with Crippen molar-refractivity contribution in [3.63, 3.8) is 0 Å². The molecule has 10 atom stereocenters. The highest BCUT2D eigenvalue weighted by atomic mass is 35.5. The number of hydrogen-bond donors (Lipinski definition) is 0. The van der Waals surface area contributed by atoms with E-state index in [1.165, 1.54) is 11.3 Å². The van der Waals surface area contributed by atoms with Crippen LogP contribution in [0, 0.1) is 17.8 Å². The number of esters is 2. The molecule has 0 aromatic heterocycles. The maximum atomic E-state index is 12.6. The van der Waals surface area contributed by atoms with Crippen molar-refractivity contribution in [2.24, 2.45) is 17.8 Å². The van der Waals surface area contributed by atoms with Crippen LogP contribution in [-0.2, 0) is 24.5 Å². The van der Waals surface area contributed by atoms with E-state index in [1.54, 1.807) is 0 Å². The number of alkyl halides is 2. The second-order valence-corrected chi connectivity index (χ2v) is 10.5. The molecule has 5 heterocycles. The van der Waals surface area contributed by atoms with E-state index in [1.807, 2.05) is 0 Å². The van der Waals surface area contributed by atoms with Crippen molar-refractivity contribution in [2.45, 2.75) is 62.1 Å². The van der Waals surface area contributed by atoms with Crippen molar-refractivity contribution in [1.29, 1.82) is 0 Å². The molecule has 5 aliphatic heterocycles. The lowest BCUT2D eigenvalue weighted by Crippen LogP contribution is -2.73. The van der Waals surface area contributed by atoms with Gasteiger partial charge >= 0.3 is 11.9 Å². The summed E-state index contributed by atoms with van der Waals surface area (Å²) < 4.78 is 12.2. The van der Waals surface area contributed by atoms with E-state index in [0.717, 1.165) is 19.3 Å². The van der Waals surface area contributed by atoms with Crippen molar-refractivity contribution in [2.75, 3.05) is 23.7 Å². The third kappa shape index (κ3) is 2.41. The number of ether oxygens (including phenoxy) is 2. The molecule has 1 aromatic carbocycles. The van der Waals surface area contributed by atoms with Crippen molar-refractivity contribution < 1.29 is 19.1 Å². The highest BCUT2D eigenvalue weighted by Crippen LogP contribution is 2.70. The molecule has 6 nitrogen and oxygen atoms in total. The summed E-state index contributed by atoms with van der Waals surface area (Å²) in [7, 11) is 2.15. The normalized spacial score (nSPS) is 44.4. The van der Waals surface area contributed by atoms with Gasteiger partial charge in [0.1, 0.15) is 17.9 Å². The Hall–Kier alpha value is -1.50. The lowest BCUT2D eigenvalue weighted by atomic mass is 9.62. The molecule has 5 unspecified atom stereocenters. The first kappa shape index (κ1) is 21.1. The minimum atomic E-state index is -0.365. The number of carbonyl (C=O) groups is 2. The van der Waals surface area contributed by atoms with E-state index in [-0.39, 0.29) is 71.4 Å². The highest BCUT2D eigenvalue weighted by Gasteiger charge is 2.78. The summed E-state index contributed by atoms with van der Waals surface area (Å²) in [4.78, 5) is 29.7. The van der Waals surface area contributed by atoms with E-state index < -0.39 is 0 Å². The van der Waals surface area contributed by atoms with Gasteiger partial charge in [0.25, 0.3) is 0 Å². The first-order valence-corrected chi connectivity index (χ1v) is 12.7. The third-order valence-corrected chi connectivity index (χ3v) is 9.56. The maximum absolute atomic E-state index is 12.6. The van der Waals surface area contributed by atoms with Crippen molar-refractivity contribution >= 4 is 40.8 Å². The van der Waals surface area contributed by atoms with Gasteiger partial charge in [0.2, 0.25) is 0 Å². The third-order valence-electron chi connectivity index (χ3n) is 9.13. The van der Waals surface area contributed by atoms with Crippen molar-refractivity contribution in [3.05, 3.63) is 29.8 Å². The predicted octanol–water partition coefficient (Wildman–Crippen LogP) is 3.13. The van der Waals surface area contributed by atoms with Gasteiger partial charge in [-0.05, 0) is 36.8 Å². The van der Waals surface area contributed by atoms with Crippen molar-refractivity contribution in [1.82, 2.24) is 4.90 Å². The van der Waals surface area contributed by atoms with Crippen LogP contribution in [0.1, 0.15) is 31.7 Å². The Bertz CT molecular complexity index is 975. The van der Waals surface area contributed by atoms with Gasteiger partial charge in [0.05, 0.1) is 11.5 Å². The number of rotatable bonds is 5. The van der Waals surface area contributed by atoms with Gasteiger partial charge in [0.15, 0.2) is 6.23 Å². The van der Waals surface area contributed by atoms with Crippen LogP contribution in [0.3, 0.4) is 0 Å².